The summed E-state index contributed by atoms with van der Waals surface area (Å²) in [6, 6.07) is 14.7. The van der Waals surface area contributed by atoms with Crippen LogP contribution in [-0.4, -0.2) is 34.2 Å². The van der Waals surface area contributed by atoms with Crippen LogP contribution >= 0.6 is 0 Å². The summed E-state index contributed by atoms with van der Waals surface area (Å²) in [5.41, 5.74) is 2.10. The number of aromatic nitrogens is 3. The molecule has 7 heteroatoms. The molecule has 0 radical (unpaired) electrons. The minimum atomic E-state index is -0.307. The highest BCUT2D eigenvalue weighted by Crippen LogP contribution is 2.24. The van der Waals surface area contributed by atoms with Gasteiger partial charge in [-0.15, -0.1) is 0 Å². The Labute approximate surface area is 180 Å². The monoisotopic (exact) mass is 418 g/mol. The van der Waals surface area contributed by atoms with E-state index in [-0.39, 0.29) is 23.4 Å². The number of carbonyl (C=O) groups is 1. The Morgan fingerprint density at radius 1 is 1.13 bits per heavy atom. The highest BCUT2D eigenvalue weighted by atomic mass is 16.5. The molecule has 0 bridgehead atoms. The molecular weight excluding hydrogens is 392 g/mol. The van der Waals surface area contributed by atoms with Crippen LogP contribution in [0.1, 0.15) is 36.1 Å². The van der Waals surface area contributed by atoms with Crippen molar-refractivity contribution in [2.45, 2.75) is 26.4 Å². The average molecular weight is 418 g/mol. The number of para-hydroxylation sites is 2. The van der Waals surface area contributed by atoms with Gasteiger partial charge in [0.1, 0.15) is 5.82 Å². The number of hydrogen-bond acceptors (Lipinski definition) is 4. The summed E-state index contributed by atoms with van der Waals surface area (Å²) in [5.74, 6) is 0.568. The van der Waals surface area contributed by atoms with Crippen LogP contribution < -0.4 is 10.9 Å². The van der Waals surface area contributed by atoms with Crippen molar-refractivity contribution in [1.29, 1.82) is 0 Å². The molecule has 2 aromatic heterocycles. The molecule has 2 heterocycles. The quantitative estimate of drug-likeness (QED) is 0.479. The van der Waals surface area contributed by atoms with Crippen LogP contribution in [0.3, 0.4) is 0 Å². The Hall–Kier alpha value is -3.45. The summed E-state index contributed by atoms with van der Waals surface area (Å²) in [6.45, 7) is 4.83. The van der Waals surface area contributed by atoms with Crippen molar-refractivity contribution >= 4 is 27.7 Å². The third-order valence-electron chi connectivity index (χ3n) is 5.43. The number of fused-ring (bicyclic) bond motifs is 2. The Balaban J connectivity index is 1.73. The first kappa shape index (κ1) is 20.8. The zero-order valence-corrected chi connectivity index (χ0v) is 17.9. The van der Waals surface area contributed by atoms with E-state index in [0.717, 1.165) is 11.0 Å². The molecular formula is C24H26N4O3. The molecule has 4 rings (SSSR count). The first-order valence-corrected chi connectivity index (χ1v) is 10.4. The van der Waals surface area contributed by atoms with Crippen molar-refractivity contribution in [3.8, 4) is 0 Å². The lowest BCUT2D eigenvalue weighted by Gasteiger charge is -2.21. The van der Waals surface area contributed by atoms with E-state index in [4.69, 9.17) is 4.74 Å². The maximum absolute atomic E-state index is 13.4. The van der Waals surface area contributed by atoms with Crippen molar-refractivity contribution in [3.63, 3.8) is 0 Å². The number of ether oxygens (including phenoxy) is 1. The van der Waals surface area contributed by atoms with E-state index >= 15 is 0 Å². The second-order valence-electron chi connectivity index (χ2n) is 7.91. The number of carbonyl (C=O) groups excluding carboxylic acids is 1. The van der Waals surface area contributed by atoms with Crippen LogP contribution in [0.15, 0.2) is 59.5 Å². The van der Waals surface area contributed by atoms with Crippen molar-refractivity contribution in [1.82, 2.24) is 19.9 Å². The third kappa shape index (κ3) is 4.09. The first-order valence-electron chi connectivity index (χ1n) is 10.4. The number of pyridine rings is 1. The summed E-state index contributed by atoms with van der Waals surface area (Å²) in [6.07, 6.45) is 1.62. The van der Waals surface area contributed by atoms with E-state index in [0.29, 0.717) is 35.3 Å². The van der Waals surface area contributed by atoms with E-state index in [9.17, 15) is 9.59 Å². The Bertz CT molecular complexity index is 1260. The topological polar surface area (TPSA) is 89.0 Å². The van der Waals surface area contributed by atoms with Gasteiger partial charge in [0.15, 0.2) is 0 Å². The number of H-pyrrole nitrogens is 1. The molecule has 0 saturated carbocycles. The molecule has 1 amide bonds. The standard InChI is InChI=1S/C24H26N4O3/c1-15(2)21(22-25-19-10-6-7-11-20(19)26-22)27-23(29)18-14-28(12-13-31-3)24(30)17-9-5-4-8-16(17)18/h4-11,14-15,21H,12-13H2,1-3H3,(H,25,26)(H,27,29). The van der Waals surface area contributed by atoms with Gasteiger partial charge in [0, 0.05) is 30.6 Å². The number of benzene rings is 2. The summed E-state index contributed by atoms with van der Waals surface area (Å²) >= 11 is 0. The zero-order chi connectivity index (χ0) is 22.0. The van der Waals surface area contributed by atoms with Crippen molar-refractivity contribution < 1.29 is 9.53 Å². The number of rotatable bonds is 7. The number of aromatic amines is 1. The molecule has 7 nitrogen and oxygen atoms in total. The van der Waals surface area contributed by atoms with Crippen LogP contribution in [-0.2, 0) is 11.3 Å². The predicted molar refractivity (Wildman–Crippen MR) is 121 cm³/mol. The summed E-state index contributed by atoms with van der Waals surface area (Å²) in [5, 5.41) is 4.27. The highest BCUT2D eigenvalue weighted by Gasteiger charge is 2.24. The fourth-order valence-electron chi connectivity index (χ4n) is 3.77. The fourth-order valence-corrected chi connectivity index (χ4v) is 3.77. The maximum atomic E-state index is 13.4. The SMILES string of the molecule is COCCn1cc(C(=O)NC(c2nc3ccccc3[nH]2)C(C)C)c2ccccc2c1=O. The summed E-state index contributed by atoms with van der Waals surface area (Å²) < 4.78 is 6.66. The number of nitrogens with zero attached hydrogens (tertiary/aromatic N) is 2. The lowest BCUT2D eigenvalue weighted by Crippen LogP contribution is -2.34. The Morgan fingerprint density at radius 3 is 2.55 bits per heavy atom. The molecule has 2 N–H and O–H groups in total. The van der Waals surface area contributed by atoms with E-state index in [2.05, 4.69) is 15.3 Å². The second-order valence-corrected chi connectivity index (χ2v) is 7.91. The van der Waals surface area contributed by atoms with Gasteiger partial charge in [-0.1, -0.05) is 44.2 Å². The highest BCUT2D eigenvalue weighted by molar-refractivity contribution is 6.06. The van der Waals surface area contributed by atoms with Crippen LogP contribution in [0.25, 0.3) is 21.8 Å². The lowest BCUT2D eigenvalue weighted by atomic mass is 10.0. The first-order chi connectivity index (χ1) is 15.0. The second kappa shape index (κ2) is 8.73. The van der Waals surface area contributed by atoms with E-state index in [1.807, 2.05) is 44.2 Å². The van der Waals surface area contributed by atoms with Gasteiger partial charge in [0.05, 0.1) is 29.2 Å². The predicted octanol–water partition coefficient (Wildman–Crippen LogP) is 3.65. The molecule has 0 aliphatic heterocycles. The molecule has 0 spiro atoms. The molecule has 31 heavy (non-hydrogen) atoms. The molecule has 0 aliphatic carbocycles. The van der Waals surface area contributed by atoms with Crippen molar-refractivity contribution in [3.05, 3.63) is 76.5 Å². The van der Waals surface area contributed by atoms with Crippen LogP contribution in [0.5, 0.6) is 0 Å². The van der Waals surface area contributed by atoms with Gasteiger partial charge in [-0.2, -0.15) is 0 Å². The normalized spacial score (nSPS) is 12.5. The summed E-state index contributed by atoms with van der Waals surface area (Å²) in [7, 11) is 1.58. The smallest absolute Gasteiger partial charge is 0.258 e. The lowest BCUT2D eigenvalue weighted by molar-refractivity contribution is 0.0924. The van der Waals surface area contributed by atoms with Gasteiger partial charge in [-0.3, -0.25) is 9.59 Å². The van der Waals surface area contributed by atoms with Gasteiger partial charge in [0.2, 0.25) is 0 Å². The molecule has 2 aromatic carbocycles. The van der Waals surface area contributed by atoms with Crippen molar-refractivity contribution in [2.24, 2.45) is 5.92 Å². The number of methoxy groups -OCH3 is 1. The van der Waals surface area contributed by atoms with Gasteiger partial charge >= 0.3 is 0 Å². The van der Waals surface area contributed by atoms with Crippen LogP contribution in [0.2, 0.25) is 0 Å². The summed E-state index contributed by atoms with van der Waals surface area (Å²) in [4.78, 5) is 34.2. The van der Waals surface area contributed by atoms with E-state index in [1.54, 1.807) is 31.5 Å². The van der Waals surface area contributed by atoms with Gasteiger partial charge < -0.3 is 19.6 Å². The van der Waals surface area contributed by atoms with Gasteiger partial charge in [-0.25, -0.2) is 4.98 Å². The van der Waals surface area contributed by atoms with E-state index < -0.39 is 0 Å². The minimum absolute atomic E-state index is 0.107. The Kier molecular flexibility index (Phi) is 5.86. The molecule has 0 aliphatic rings. The average Bonchev–Trinajstić information content (AvgIpc) is 3.20. The molecule has 0 fully saturated rings. The fraction of sp³-hybridized carbons (Fsp3) is 0.292. The zero-order valence-electron chi connectivity index (χ0n) is 17.9. The molecule has 1 unspecified atom stereocenters. The largest absolute Gasteiger partial charge is 0.383 e. The number of imidazole rings is 1. The van der Waals surface area contributed by atoms with Gasteiger partial charge in [0.25, 0.3) is 11.5 Å². The Morgan fingerprint density at radius 2 is 1.84 bits per heavy atom. The maximum Gasteiger partial charge on any atom is 0.258 e. The molecule has 1 atom stereocenters. The van der Waals surface area contributed by atoms with Crippen molar-refractivity contribution in [2.75, 3.05) is 13.7 Å². The molecule has 4 aromatic rings. The van der Waals surface area contributed by atoms with Crippen LogP contribution in [0, 0.1) is 5.92 Å². The minimum Gasteiger partial charge on any atom is -0.383 e. The molecule has 0 saturated heterocycles. The van der Waals surface area contributed by atoms with Crippen LogP contribution in [0.4, 0.5) is 0 Å². The number of hydrogen-bond donors (Lipinski definition) is 2. The van der Waals surface area contributed by atoms with Gasteiger partial charge in [-0.05, 0) is 24.1 Å². The number of amides is 1. The molecule has 160 valence electrons. The van der Waals surface area contributed by atoms with E-state index in [1.165, 1.54) is 4.57 Å². The third-order valence-corrected chi connectivity index (χ3v) is 5.43. The number of nitrogens with one attached hydrogen (secondary N) is 2.